The first-order valence-corrected chi connectivity index (χ1v) is 5.00. The van der Waals surface area contributed by atoms with Crippen LogP contribution in [-0.2, 0) is 4.74 Å². The van der Waals surface area contributed by atoms with Crippen molar-refractivity contribution in [3.8, 4) is 0 Å². The number of hydrogen-bond donors (Lipinski definition) is 0. The Balaban J connectivity index is 2.86. The van der Waals surface area contributed by atoms with Gasteiger partial charge >= 0.3 is 5.97 Å². The molecule has 0 saturated carbocycles. The van der Waals surface area contributed by atoms with Crippen molar-refractivity contribution in [2.24, 2.45) is 0 Å². The molecule has 3 nitrogen and oxygen atoms in total. The molecule has 14 heavy (non-hydrogen) atoms. The van der Waals surface area contributed by atoms with Crippen molar-refractivity contribution in [1.29, 1.82) is 0 Å². The second-order valence-corrected chi connectivity index (χ2v) is 4.65. The van der Waals surface area contributed by atoms with Crippen LogP contribution in [0.1, 0.15) is 31.1 Å². The van der Waals surface area contributed by atoms with Gasteiger partial charge in [0, 0.05) is 0 Å². The fourth-order valence-electron chi connectivity index (χ4n) is 0.876. The van der Waals surface area contributed by atoms with Gasteiger partial charge < -0.3 is 4.74 Å². The van der Waals surface area contributed by atoms with Crippen molar-refractivity contribution in [3.63, 3.8) is 0 Å². The first-order chi connectivity index (χ1) is 6.44. The summed E-state index contributed by atoms with van der Waals surface area (Å²) in [7, 11) is 0. The normalized spacial score (nSPS) is 10.7. The summed E-state index contributed by atoms with van der Waals surface area (Å²) in [5.74, 6) is -0.426. The van der Waals surface area contributed by atoms with E-state index in [0.717, 1.165) is 0 Å². The van der Waals surface area contributed by atoms with Gasteiger partial charge in [0.15, 0.2) is 0 Å². The molecular formula is C10H11NO2S. The number of carbonyl (C=O) groups excluding carboxylic acids is 1. The smallest absolute Gasteiger partial charge is 0.328 e. The maximum atomic E-state index is 11.5. The number of carbonyl (C=O) groups is 1. The van der Waals surface area contributed by atoms with E-state index in [1.165, 1.54) is 11.3 Å². The van der Waals surface area contributed by atoms with Gasteiger partial charge in [-0.1, -0.05) is 0 Å². The molecule has 0 aromatic carbocycles. The summed E-state index contributed by atoms with van der Waals surface area (Å²) < 4.78 is 5.15. The summed E-state index contributed by atoms with van der Waals surface area (Å²) in [6.45, 7) is 12.3. The number of hydrogen-bond acceptors (Lipinski definition) is 3. The average Bonchev–Trinajstić information content (AvgIpc) is 2.47. The molecule has 0 N–H and O–H groups in total. The number of rotatable bonds is 1. The molecule has 0 atom stereocenters. The molecule has 0 amide bonds. The third-order valence-corrected chi connectivity index (χ3v) is 2.17. The SMILES string of the molecule is [C-]#[N+]c1sccc1C(=O)OC(C)(C)C. The molecule has 0 bridgehead atoms. The topological polar surface area (TPSA) is 30.7 Å². The monoisotopic (exact) mass is 209 g/mol. The highest BCUT2D eigenvalue weighted by Gasteiger charge is 2.20. The van der Waals surface area contributed by atoms with Crippen LogP contribution in [0.25, 0.3) is 4.85 Å². The van der Waals surface area contributed by atoms with Crippen molar-refractivity contribution in [3.05, 3.63) is 28.4 Å². The molecule has 0 spiro atoms. The lowest BCUT2D eigenvalue weighted by Crippen LogP contribution is -2.23. The zero-order valence-corrected chi connectivity index (χ0v) is 9.14. The summed E-state index contributed by atoms with van der Waals surface area (Å²) in [6, 6.07) is 1.62. The molecule has 4 heteroatoms. The van der Waals surface area contributed by atoms with Gasteiger partial charge in [-0.25, -0.2) is 9.64 Å². The van der Waals surface area contributed by atoms with Crippen LogP contribution in [0.5, 0.6) is 0 Å². The molecule has 1 heterocycles. The lowest BCUT2D eigenvalue weighted by atomic mass is 10.2. The molecule has 0 aliphatic carbocycles. The second kappa shape index (κ2) is 3.81. The molecule has 0 unspecified atom stereocenters. The Morgan fingerprint density at radius 1 is 1.57 bits per heavy atom. The molecule has 74 valence electrons. The van der Waals surface area contributed by atoms with E-state index in [4.69, 9.17) is 11.3 Å². The maximum absolute atomic E-state index is 11.5. The van der Waals surface area contributed by atoms with Crippen molar-refractivity contribution < 1.29 is 9.53 Å². The Bertz CT molecular complexity index is 382. The average molecular weight is 209 g/mol. The van der Waals surface area contributed by atoms with Gasteiger partial charge in [0.25, 0.3) is 5.00 Å². The Labute approximate surface area is 87.1 Å². The summed E-state index contributed by atoms with van der Waals surface area (Å²) in [5.41, 5.74) is -0.155. The Kier molecular flexibility index (Phi) is 2.92. The first-order valence-electron chi connectivity index (χ1n) is 4.12. The van der Waals surface area contributed by atoms with E-state index in [9.17, 15) is 4.79 Å². The molecule has 1 aromatic heterocycles. The van der Waals surface area contributed by atoms with Gasteiger partial charge in [0.1, 0.15) is 5.60 Å². The third kappa shape index (κ3) is 2.57. The van der Waals surface area contributed by atoms with E-state index in [1.54, 1.807) is 32.2 Å². The standard InChI is InChI=1S/C10H11NO2S/c1-10(2,3)13-9(12)7-5-6-14-8(7)11-4/h5-6H,1-3H3. The lowest BCUT2D eigenvalue weighted by molar-refractivity contribution is 0.00714. The minimum atomic E-state index is -0.516. The highest BCUT2D eigenvalue weighted by atomic mass is 32.1. The largest absolute Gasteiger partial charge is 0.457 e. The minimum absolute atomic E-state index is 0.361. The Morgan fingerprint density at radius 2 is 2.21 bits per heavy atom. The van der Waals surface area contributed by atoms with Crippen LogP contribution in [0, 0.1) is 6.57 Å². The van der Waals surface area contributed by atoms with Crippen molar-refractivity contribution >= 4 is 22.3 Å². The van der Waals surface area contributed by atoms with E-state index in [-0.39, 0.29) is 0 Å². The highest BCUT2D eigenvalue weighted by Crippen LogP contribution is 2.28. The van der Waals surface area contributed by atoms with Gasteiger partial charge in [-0.2, -0.15) is 11.3 Å². The molecule has 0 aliphatic rings. The predicted octanol–water partition coefficient (Wildman–Crippen LogP) is 3.25. The molecular weight excluding hydrogens is 198 g/mol. The summed E-state index contributed by atoms with van der Waals surface area (Å²) in [5, 5.41) is 2.10. The van der Waals surface area contributed by atoms with Gasteiger partial charge in [0.2, 0.25) is 0 Å². The van der Waals surface area contributed by atoms with Crippen molar-refractivity contribution in [1.82, 2.24) is 0 Å². The molecule has 1 aromatic rings. The van der Waals surface area contributed by atoms with Gasteiger partial charge in [-0.15, -0.1) is 0 Å². The maximum Gasteiger partial charge on any atom is 0.328 e. The van der Waals surface area contributed by atoms with Crippen LogP contribution in [0.2, 0.25) is 0 Å². The van der Waals surface area contributed by atoms with Crippen LogP contribution in [0.4, 0.5) is 5.00 Å². The highest BCUT2D eigenvalue weighted by molar-refractivity contribution is 7.14. The quantitative estimate of drug-likeness (QED) is 0.525. The van der Waals surface area contributed by atoms with E-state index in [2.05, 4.69) is 4.85 Å². The van der Waals surface area contributed by atoms with E-state index in [0.29, 0.717) is 10.6 Å². The summed E-state index contributed by atoms with van der Waals surface area (Å²) in [4.78, 5) is 14.8. The van der Waals surface area contributed by atoms with E-state index in [1.807, 2.05) is 0 Å². The minimum Gasteiger partial charge on any atom is -0.457 e. The Hall–Kier alpha value is -1.34. The van der Waals surface area contributed by atoms with Gasteiger partial charge in [0.05, 0.1) is 12.1 Å². The molecule has 1 rings (SSSR count). The molecule has 0 aliphatic heterocycles. The Morgan fingerprint density at radius 3 is 2.71 bits per heavy atom. The second-order valence-electron chi connectivity index (χ2n) is 3.75. The number of nitrogens with zero attached hydrogens (tertiary/aromatic N) is 1. The van der Waals surface area contributed by atoms with Crippen LogP contribution in [0.3, 0.4) is 0 Å². The summed E-state index contributed by atoms with van der Waals surface area (Å²) >= 11 is 1.25. The zero-order valence-electron chi connectivity index (χ0n) is 8.33. The third-order valence-electron chi connectivity index (χ3n) is 1.37. The van der Waals surface area contributed by atoms with Crippen LogP contribution >= 0.6 is 11.3 Å². The lowest BCUT2D eigenvalue weighted by Gasteiger charge is -2.19. The van der Waals surface area contributed by atoms with Crippen LogP contribution < -0.4 is 0 Å². The number of ether oxygens (including phenoxy) is 1. The number of thiophene rings is 1. The first kappa shape index (κ1) is 10.7. The molecule has 0 radical (unpaired) electrons. The van der Waals surface area contributed by atoms with Crippen molar-refractivity contribution in [2.45, 2.75) is 26.4 Å². The van der Waals surface area contributed by atoms with Gasteiger partial charge in [-0.3, -0.25) is 0 Å². The predicted molar refractivity (Wildman–Crippen MR) is 55.7 cm³/mol. The zero-order chi connectivity index (χ0) is 10.8. The van der Waals surface area contributed by atoms with Crippen molar-refractivity contribution in [2.75, 3.05) is 0 Å². The van der Waals surface area contributed by atoms with Crippen LogP contribution in [-0.4, -0.2) is 11.6 Å². The van der Waals surface area contributed by atoms with Gasteiger partial charge in [-0.05, 0) is 32.2 Å². The molecule has 0 fully saturated rings. The van der Waals surface area contributed by atoms with E-state index < -0.39 is 11.6 Å². The summed E-state index contributed by atoms with van der Waals surface area (Å²) in [6.07, 6.45) is 0. The van der Waals surface area contributed by atoms with Crippen LogP contribution in [0.15, 0.2) is 11.4 Å². The number of esters is 1. The van der Waals surface area contributed by atoms with E-state index >= 15 is 0 Å². The fourth-order valence-corrected chi connectivity index (χ4v) is 1.54. The molecule has 0 saturated heterocycles. The fraction of sp³-hybridized carbons (Fsp3) is 0.400.